The topological polar surface area (TPSA) is 40.5 Å². The standard InChI is InChI=1S/C15H19NO2/c17-15(18)14-13-8-4-1-5-11(13)9-10-16(14)12-6-2-3-7-12/h1,4-5,8,12,14H,2-3,6-7,9-10H2,(H,17,18). The van der Waals surface area contributed by atoms with Crippen LogP contribution in [0.1, 0.15) is 42.9 Å². The molecule has 1 saturated carbocycles. The highest BCUT2D eigenvalue weighted by molar-refractivity contribution is 5.76. The fourth-order valence-corrected chi connectivity index (χ4v) is 3.49. The number of nitrogens with zero attached hydrogens (tertiary/aromatic N) is 1. The number of fused-ring (bicyclic) bond motifs is 1. The third-order valence-corrected chi connectivity index (χ3v) is 4.35. The molecule has 1 atom stereocenters. The van der Waals surface area contributed by atoms with Gasteiger partial charge in [0.2, 0.25) is 0 Å². The minimum atomic E-state index is -0.700. The number of aliphatic carboxylic acids is 1. The second-order valence-corrected chi connectivity index (χ2v) is 5.37. The molecule has 1 unspecified atom stereocenters. The Morgan fingerprint density at radius 1 is 1.22 bits per heavy atom. The van der Waals surface area contributed by atoms with Gasteiger partial charge in [0.25, 0.3) is 0 Å². The molecule has 1 aliphatic carbocycles. The number of carboxylic acid groups (broad SMARTS) is 1. The number of carboxylic acids is 1. The smallest absolute Gasteiger partial charge is 0.325 e. The molecule has 3 rings (SSSR count). The summed E-state index contributed by atoms with van der Waals surface area (Å²) in [5, 5.41) is 9.57. The summed E-state index contributed by atoms with van der Waals surface area (Å²) < 4.78 is 0. The van der Waals surface area contributed by atoms with Gasteiger partial charge in [-0.3, -0.25) is 9.69 Å². The van der Waals surface area contributed by atoms with Gasteiger partial charge in [0.1, 0.15) is 6.04 Å². The van der Waals surface area contributed by atoms with Crippen LogP contribution < -0.4 is 0 Å². The lowest BCUT2D eigenvalue weighted by atomic mass is 9.91. The molecule has 18 heavy (non-hydrogen) atoms. The number of benzene rings is 1. The van der Waals surface area contributed by atoms with Crippen LogP contribution in [0.3, 0.4) is 0 Å². The lowest BCUT2D eigenvalue weighted by molar-refractivity contribution is -0.145. The van der Waals surface area contributed by atoms with Gasteiger partial charge in [0.15, 0.2) is 0 Å². The van der Waals surface area contributed by atoms with E-state index in [0.717, 1.165) is 31.4 Å². The third kappa shape index (κ3) is 1.93. The van der Waals surface area contributed by atoms with Crippen molar-refractivity contribution in [1.29, 1.82) is 0 Å². The zero-order valence-electron chi connectivity index (χ0n) is 10.5. The summed E-state index contributed by atoms with van der Waals surface area (Å²) in [7, 11) is 0. The molecule has 3 heteroatoms. The largest absolute Gasteiger partial charge is 0.480 e. The zero-order valence-corrected chi connectivity index (χ0v) is 10.5. The molecule has 1 aromatic rings. The predicted octanol–water partition coefficient (Wildman–Crippen LogP) is 2.61. The first-order chi connectivity index (χ1) is 8.77. The first-order valence-electron chi connectivity index (χ1n) is 6.84. The van der Waals surface area contributed by atoms with Crippen LogP contribution in [-0.2, 0) is 11.2 Å². The van der Waals surface area contributed by atoms with E-state index in [2.05, 4.69) is 11.0 Å². The molecule has 0 saturated heterocycles. The van der Waals surface area contributed by atoms with E-state index in [1.54, 1.807) is 0 Å². The normalized spacial score (nSPS) is 25.0. The van der Waals surface area contributed by atoms with E-state index in [9.17, 15) is 9.90 Å². The quantitative estimate of drug-likeness (QED) is 0.870. The average Bonchev–Trinajstić information content (AvgIpc) is 2.90. The van der Waals surface area contributed by atoms with E-state index in [1.165, 1.54) is 18.4 Å². The Labute approximate surface area is 107 Å². The van der Waals surface area contributed by atoms with Crippen LogP contribution in [0.15, 0.2) is 24.3 Å². The minimum absolute atomic E-state index is 0.432. The maximum absolute atomic E-state index is 11.6. The summed E-state index contributed by atoms with van der Waals surface area (Å²) in [6.45, 7) is 0.888. The van der Waals surface area contributed by atoms with E-state index >= 15 is 0 Å². The van der Waals surface area contributed by atoms with Crippen LogP contribution in [-0.4, -0.2) is 28.6 Å². The molecule has 1 heterocycles. The van der Waals surface area contributed by atoms with Crippen molar-refractivity contribution in [1.82, 2.24) is 4.90 Å². The second kappa shape index (κ2) is 4.73. The average molecular weight is 245 g/mol. The Hall–Kier alpha value is -1.35. The molecule has 1 fully saturated rings. The van der Waals surface area contributed by atoms with Crippen molar-refractivity contribution in [3.63, 3.8) is 0 Å². The van der Waals surface area contributed by atoms with Gasteiger partial charge in [-0.1, -0.05) is 37.1 Å². The zero-order chi connectivity index (χ0) is 12.5. The van der Waals surface area contributed by atoms with Crippen molar-refractivity contribution in [2.24, 2.45) is 0 Å². The van der Waals surface area contributed by atoms with Crippen molar-refractivity contribution in [2.75, 3.05) is 6.54 Å². The molecule has 0 spiro atoms. The summed E-state index contributed by atoms with van der Waals surface area (Å²) in [4.78, 5) is 13.9. The molecular weight excluding hydrogens is 226 g/mol. The van der Waals surface area contributed by atoms with E-state index in [0.29, 0.717) is 6.04 Å². The van der Waals surface area contributed by atoms with Crippen molar-refractivity contribution >= 4 is 5.97 Å². The summed E-state index contributed by atoms with van der Waals surface area (Å²) in [5.74, 6) is -0.700. The van der Waals surface area contributed by atoms with Gasteiger partial charge in [-0.25, -0.2) is 0 Å². The van der Waals surface area contributed by atoms with Gasteiger partial charge >= 0.3 is 5.97 Å². The Morgan fingerprint density at radius 2 is 1.94 bits per heavy atom. The molecule has 0 amide bonds. The minimum Gasteiger partial charge on any atom is -0.480 e. The van der Waals surface area contributed by atoms with Gasteiger partial charge in [-0.2, -0.15) is 0 Å². The van der Waals surface area contributed by atoms with Gasteiger partial charge < -0.3 is 5.11 Å². The van der Waals surface area contributed by atoms with Crippen LogP contribution in [0.2, 0.25) is 0 Å². The Balaban J connectivity index is 1.95. The summed E-state index contributed by atoms with van der Waals surface area (Å²) >= 11 is 0. The van der Waals surface area contributed by atoms with Crippen LogP contribution in [0.4, 0.5) is 0 Å². The van der Waals surface area contributed by atoms with E-state index in [1.807, 2.05) is 18.2 Å². The summed E-state index contributed by atoms with van der Waals surface area (Å²) in [5.41, 5.74) is 2.21. The van der Waals surface area contributed by atoms with Crippen LogP contribution in [0.5, 0.6) is 0 Å². The van der Waals surface area contributed by atoms with Gasteiger partial charge in [-0.05, 0) is 30.4 Å². The number of hydrogen-bond acceptors (Lipinski definition) is 2. The van der Waals surface area contributed by atoms with Crippen molar-refractivity contribution in [3.05, 3.63) is 35.4 Å². The van der Waals surface area contributed by atoms with E-state index in [-0.39, 0.29) is 0 Å². The Morgan fingerprint density at radius 3 is 2.67 bits per heavy atom. The molecule has 1 aliphatic heterocycles. The number of rotatable bonds is 2. The lowest BCUT2D eigenvalue weighted by Gasteiger charge is -2.38. The molecule has 0 aromatic heterocycles. The molecule has 1 aromatic carbocycles. The first-order valence-corrected chi connectivity index (χ1v) is 6.84. The summed E-state index contributed by atoms with van der Waals surface area (Å²) in [6.07, 6.45) is 5.79. The van der Waals surface area contributed by atoms with E-state index in [4.69, 9.17) is 0 Å². The van der Waals surface area contributed by atoms with Crippen LogP contribution >= 0.6 is 0 Å². The molecule has 1 N–H and O–H groups in total. The molecule has 96 valence electrons. The van der Waals surface area contributed by atoms with Crippen molar-refractivity contribution in [3.8, 4) is 0 Å². The Bertz CT molecular complexity index is 452. The Kier molecular flexibility index (Phi) is 3.08. The monoisotopic (exact) mass is 245 g/mol. The third-order valence-electron chi connectivity index (χ3n) is 4.35. The molecular formula is C15H19NO2. The van der Waals surface area contributed by atoms with Gasteiger partial charge in [0.05, 0.1) is 0 Å². The van der Waals surface area contributed by atoms with Crippen LogP contribution in [0, 0.1) is 0 Å². The highest BCUT2D eigenvalue weighted by atomic mass is 16.4. The molecule has 3 nitrogen and oxygen atoms in total. The molecule has 0 bridgehead atoms. The van der Waals surface area contributed by atoms with Crippen LogP contribution in [0.25, 0.3) is 0 Å². The van der Waals surface area contributed by atoms with Gasteiger partial charge in [-0.15, -0.1) is 0 Å². The lowest BCUT2D eigenvalue weighted by Crippen LogP contribution is -2.44. The van der Waals surface area contributed by atoms with E-state index < -0.39 is 12.0 Å². The second-order valence-electron chi connectivity index (χ2n) is 5.37. The molecule has 2 aliphatic rings. The van der Waals surface area contributed by atoms with Crippen molar-refractivity contribution in [2.45, 2.75) is 44.2 Å². The fourth-order valence-electron chi connectivity index (χ4n) is 3.49. The molecule has 0 radical (unpaired) electrons. The SMILES string of the molecule is O=C(O)C1c2ccccc2CCN1C1CCCC1. The maximum Gasteiger partial charge on any atom is 0.325 e. The number of carbonyl (C=O) groups is 1. The highest BCUT2D eigenvalue weighted by Gasteiger charge is 2.37. The van der Waals surface area contributed by atoms with Crippen molar-refractivity contribution < 1.29 is 9.90 Å². The fraction of sp³-hybridized carbons (Fsp3) is 0.533. The van der Waals surface area contributed by atoms with Gasteiger partial charge in [0, 0.05) is 12.6 Å². The summed E-state index contributed by atoms with van der Waals surface area (Å²) in [6, 6.07) is 8.04. The predicted molar refractivity (Wildman–Crippen MR) is 69.5 cm³/mol. The maximum atomic E-state index is 11.6. The highest BCUT2D eigenvalue weighted by Crippen LogP contribution is 2.35. The first kappa shape index (κ1) is 11.7. The number of hydrogen-bond donors (Lipinski definition) is 1.